The number of carboxylic acids is 1. The van der Waals surface area contributed by atoms with Crippen molar-refractivity contribution in [1.82, 2.24) is 24.8 Å². The molecule has 3 aromatic rings. The predicted molar refractivity (Wildman–Crippen MR) is 153 cm³/mol. The molecule has 0 aliphatic heterocycles. The molecule has 2 aromatic heterocycles. The van der Waals surface area contributed by atoms with Gasteiger partial charge in [0.2, 0.25) is 6.79 Å². The first kappa shape index (κ1) is 30.9. The van der Waals surface area contributed by atoms with Crippen molar-refractivity contribution >= 4 is 46.9 Å². The van der Waals surface area contributed by atoms with Crippen LogP contribution in [-0.2, 0) is 19.1 Å². The van der Waals surface area contributed by atoms with E-state index in [1.54, 1.807) is 19.1 Å². The first-order valence-electron chi connectivity index (χ1n) is 13.9. The number of aryl methyl sites for hydroxylation is 2. The molecular weight excluding hydrogens is 560 g/mol. The molecule has 0 spiro atoms. The summed E-state index contributed by atoms with van der Waals surface area (Å²) in [5, 5.41) is 19.0. The maximum Gasteiger partial charge on any atom is 0.419 e. The molecule has 4 rings (SSSR count). The van der Waals surface area contributed by atoms with Crippen molar-refractivity contribution in [2.45, 2.75) is 52.9 Å². The molecule has 1 aromatic carbocycles. The van der Waals surface area contributed by atoms with Gasteiger partial charge in [-0.1, -0.05) is 18.9 Å². The predicted octanol–water partition coefficient (Wildman–Crippen LogP) is 3.58. The number of nitrogens with one attached hydrogen (secondary N) is 2. The van der Waals surface area contributed by atoms with E-state index in [0.717, 1.165) is 23.3 Å². The van der Waals surface area contributed by atoms with Gasteiger partial charge in [0.25, 0.3) is 11.8 Å². The summed E-state index contributed by atoms with van der Waals surface area (Å²) >= 11 is 0. The minimum atomic E-state index is -1.16. The van der Waals surface area contributed by atoms with E-state index in [2.05, 4.69) is 20.7 Å². The molecule has 228 valence electrons. The van der Waals surface area contributed by atoms with Crippen LogP contribution in [0.1, 0.15) is 70.9 Å². The van der Waals surface area contributed by atoms with E-state index in [1.807, 2.05) is 19.9 Å². The van der Waals surface area contributed by atoms with Gasteiger partial charge in [0.1, 0.15) is 11.8 Å². The fourth-order valence-corrected chi connectivity index (χ4v) is 4.40. The highest BCUT2D eigenvalue weighted by Crippen LogP contribution is 2.33. The van der Waals surface area contributed by atoms with Crippen LogP contribution in [0.3, 0.4) is 0 Å². The summed E-state index contributed by atoms with van der Waals surface area (Å²) in [6.45, 7) is 5.27. The molecule has 3 N–H and O–H groups in total. The number of aliphatic carboxylic acids is 1. The van der Waals surface area contributed by atoms with Crippen molar-refractivity contribution in [3.63, 3.8) is 0 Å². The van der Waals surface area contributed by atoms with Gasteiger partial charge in [0.15, 0.2) is 5.82 Å². The number of rotatable bonds is 13. The standard InChI is InChI=1S/C29H34N6O8/c1-4-30-27(39)20-8-5-17(2)22(13-20)33-26-25-18(3)21(14-35(25)32-15-31-26)28(40)34(12-11-19-6-7-19)29(41)43-16-42-24(38)10-9-23(36)37/h5,8,13-15,19H,4,6-7,9-12,16H2,1-3H3,(H,30,39)(H,36,37)(H,31,32,33). The maximum atomic E-state index is 13.7. The number of aromatic nitrogens is 3. The van der Waals surface area contributed by atoms with E-state index < -0.39 is 37.2 Å². The van der Waals surface area contributed by atoms with Crippen LogP contribution in [0.15, 0.2) is 30.7 Å². The van der Waals surface area contributed by atoms with E-state index in [-0.39, 0.29) is 24.4 Å². The highest BCUT2D eigenvalue weighted by atomic mass is 16.7. The summed E-state index contributed by atoms with van der Waals surface area (Å²) in [5.41, 5.74) is 3.18. The van der Waals surface area contributed by atoms with Crippen molar-refractivity contribution in [1.29, 1.82) is 0 Å². The Morgan fingerprint density at radius 3 is 2.58 bits per heavy atom. The molecule has 3 amide bonds. The Morgan fingerprint density at radius 1 is 1.12 bits per heavy atom. The fourth-order valence-electron chi connectivity index (χ4n) is 4.40. The fraction of sp³-hybridized carbons (Fsp3) is 0.414. The molecule has 1 fully saturated rings. The topological polar surface area (TPSA) is 182 Å². The van der Waals surface area contributed by atoms with Gasteiger partial charge in [-0.15, -0.1) is 0 Å². The number of carbonyl (C=O) groups excluding carboxylic acids is 4. The number of esters is 1. The average molecular weight is 595 g/mol. The Morgan fingerprint density at radius 2 is 1.88 bits per heavy atom. The summed E-state index contributed by atoms with van der Waals surface area (Å²) in [6, 6.07) is 5.26. The highest BCUT2D eigenvalue weighted by Gasteiger charge is 2.31. The van der Waals surface area contributed by atoms with Crippen molar-refractivity contribution < 1.29 is 38.6 Å². The Kier molecular flexibility index (Phi) is 9.91. The van der Waals surface area contributed by atoms with Crippen LogP contribution in [0.2, 0.25) is 0 Å². The number of amides is 3. The van der Waals surface area contributed by atoms with Gasteiger partial charge in [-0.2, -0.15) is 5.10 Å². The third kappa shape index (κ3) is 7.84. The van der Waals surface area contributed by atoms with Gasteiger partial charge in [-0.3, -0.25) is 19.2 Å². The van der Waals surface area contributed by atoms with E-state index in [9.17, 15) is 24.0 Å². The smallest absolute Gasteiger partial charge is 0.419 e. The van der Waals surface area contributed by atoms with Gasteiger partial charge in [0, 0.05) is 30.5 Å². The third-order valence-corrected chi connectivity index (χ3v) is 7.02. The van der Waals surface area contributed by atoms with Crippen molar-refractivity contribution in [2.75, 3.05) is 25.2 Å². The van der Waals surface area contributed by atoms with Crippen LogP contribution in [0, 0.1) is 19.8 Å². The Hall–Kier alpha value is -5.01. The summed E-state index contributed by atoms with van der Waals surface area (Å²) in [4.78, 5) is 66.7. The zero-order valence-electron chi connectivity index (χ0n) is 24.2. The molecule has 0 saturated heterocycles. The third-order valence-electron chi connectivity index (χ3n) is 7.02. The van der Waals surface area contributed by atoms with E-state index in [0.29, 0.717) is 47.0 Å². The lowest BCUT2D eigenvalue weighted by atomic mass is 10.1. The normalized spacial score (nSPS) is 12.4. The minimum absolute atomic E-state index is 0.101. The Bertz CT molecular complexity index is 1550. The number of nitrogens with zero attached hydrogens (tertiary/aromatic N) is 4. The second-order valence-electron chi connectivity index (χ2n) is 10.2. The highest BCUT2D eigenvalue weighted by molar-refractivity contribution is 6.05. The van der Waals surface area contributed by atoms with Crippen LogP contribution in [0.25, 0.3) is 5.52 Å². The van der Waals surface area contributed by atoms with Crippen molar-refractivity contribution in [2.24, 2.45) is 5.92 Å². The summed E-state index contributed by atoms with van der Waals surface area (Å²) in [6.07, 6.45) is 3.66. The van der Waals surface area contributed by atoms with Gasteiger partial charge in [0.05, 0.1) is 18.4 Å². The van der Waals surface area contributed by atoms with Gasteiger partial charge < -0.3 is 25.2 Å². The number of ether oxygens (including phenoxy) is 2. The number of imide groups is 1. The van der Waals surface area contributed by atoms with Crippen LogP contribution >= 0.6 is 0 Å². The zero-order valence-corrected chi connectivity index (χ0v) is 24.2. The van der Waals surface area contributed by atoms with E-state index >= 15 is 0 Å². The molecule has 2 heterocycles. The lowest BCUT2D eigenvalue weighted by Crippen LogP contribution is -2.39. The maximum absolute atomic E-state index is 13.7. The lowest BCUT2D eigenvalue weighted by Gasteiger charge is -2.20. The summed E-state index contributed by atoms with van der Waals surface area (Å²) in [5.74, 6) is -2.03. The lowest BCUT2D eigenvalue weighted by molar-refractivity contribution is -0.154. The molecule has 1 saturated carbocycles. The van der Waals surface area contributed by atoms with Gasteiger partial charge in [-0.25, -0.2) is 19.2 Å². The van der Waals surface area contributed by atoms with Gasteiger partial charge in [-0.05, 0) is 56.4 Å². The van der Waals surface area contributed by atoms with Gasteiger partial charge >= 0.3 is 18.0 Å². The van der Waals surface area contributed by atoms with Crippen molar-refractivity contribution in [3.8, 4) is 0 Å². The molecule has 1 aliphatic rings. The van der Waals surface area contributed by atoms with Crippen molar-refractivity contribution in [3.05, 3.63) is 53.0 Å². The number of anilines is 2. The Labute approximate surface area is 247 Å². The molecule has 14 heteroatoms. The second-order valence-corrected chi connectivity index (χ2v) is 10.2. The molecule has 1 aliphatic carbocycles. The minimum Gasteiger partial charge on any atom is -0.481 e. The summed E-state index contributed by atoms with van der Waals surface area (Å²) in [7, 11) is 0. The SMILES string of the molecule is CCNC(=O)c1ccc(C)c(Nc2ncnn3cc(C(=O)N(CCC4CC4)C(=O)OCOC(=O)CCC(=O)O)c(C)c23)c1. The molecule has 14 nitrogen and oxygen atoms in total. The molecule has 0 bridgehead atoms. The van der Waals surface area contributed by atoms with E-state index in [1.165, 1.54) is 17.0 Å². The summed E-state index contributed by atoms with van der Waals surface area (Å²) < 4.78 is 11.3. The molecule has 0 radical (unpaired) electrons. The molecule has 0 unspecified atom stereocenters. The zero-order chi connectivity index (χ0) is 31.1. The molecule has 43 heavy (non-hydrogen) atoms. The molecule has 0 atom stereocenters. The number of fused-ring (bicyclic) bond motifs is 1. The quantitative estimate of drug-likeness (QED) is 0.194. The number of hydrogen-bond donors (Lipinski definition) is 3. The largest absolute Gasteiger partial charge is 0.481 e. The number of carbonyl (C=O) groups is 5. The van der Waals surface area contributed by atoms with Crippen LogP contribution in [0.5, 0.6) is 0 Å². The first-order chi connectivity index (χ1) is 20.6. The average Bonchev–Trinajstić information content (AvgIpc) is 3.74. The number of carboxylic acid groups (broad SMARTS) is 1. The van der Waals surface area contributed by atoms with Crippen LogP contribution in [0.4, 0.5) is 16.3 Å². The van der Waals surface area contributed by atoms with E-state index in [4.69, 9.17) is 14.6 Å². The van der Waals surface area contributed by atoms with Crippen LogP contribution < -0.4 is 10.6 Å². The Balaban J connectivity index is 1.55. The number of benzene rings is 1. The molecular formula is C29H34N6O8. The van der Waals surface area contributed by atoms with Crippen LogP contribution in [-0.4, -0.2) is 74.3 Å². The first-order valence-corrected chi connectivity index (χ1v) is 13.9. The monoisotopic (exact) mass is 594 g/mol. The second kappa shape index (κ2) is 13.8. The number of hydrogen-bond acceptors (Lipinski definition) is 10.